The van der Waals surface area contributed by atoms with E-state index in [0.717, 1.165) is 12.3 Å². The van der Waals surface area contributed by atoms with E-state index in [1.54, 1.807) is 12.1 Å². The monoisotopic (exact) mass is 221 g/mol. The average molecular weight is 221 g/mol. The lowest BCUT2D eigenvalue weighted by molar-refractivity contribution is -0.384. The van der Waals surface area contributed by atoms with Crippen LogP contribution in [0.5, 0.6) is 0 Å². The first kappa shape index (κ1) is 12.2. The Morgan fingerprint density at radius 3 is 2.69 bits per heavy atom. The van der Waals surface area contributed by atoms with Crippen molar-refractivity contribution in [3.63, 3.8) is 0 Å². The highest BCUT2D eigenvalue weighted by Gasteiger charge is 2.06. The molecule has 16 heavy (non-hydrogen) atoms. The summed E-state index contributed by atoms with van der Waals surface area (Å²) in [5.41, 5.74) is 0.676. The summed E-state index contributed by atoms with van der Waals surface area (Å²) in [6.07, 6.45) is 0.787. The van der Waals surface area contributed by atoms with Crippen LogP contribution in [0.15, 0.2) is 29.3 Å². The molecule has 0 spiro atoms. The van der Waals surface area contributed by atoms with Gasteiger partial charge in [-0.1, -0.05) is 13.0 Å². The maximum Gasteiger partial charge on any atom is 0.271 e. The molecule has 0 saturated carbocycles. The number of nitrogens with zero attached hydrogens (tertiary/aromatic N) is 3. The fourth-order valence-electron chi connectivity index (χ4n) is 1.32. The molecule has 0 aromatic heterocycles. The van der Waals surface area contributed by atoms with Crippen LogP contribution in [0.25, 0.3) is 0 Å². The third-order valence-corrected chi connectivity index (χ3v) is 2.13. The van der Waals surface area contributed by atoms with E-state index in [-0.39, 0.29) is 5.69 Å². The van der Waals surface area contributed by atoms with Gasteiger partial charge in [0.1, 0.15) is 5.84 Å². The Labute approximate surface area is 94.6 Å². The fourth-order valence-corrected chi connectivity index (χ4v) is 1.32. The second kappa shape index (κ2) is 5.25. The fraction of sp³-hybridized carbons (Fsp3) is 0.364. The van der Waals surface area contributed by atoms with Crippen molar-refractivity contribution in [3.8, 4) is 0 Å². The van der Waals surface area contributed by atoms with Gasteiger partial charge in [-0.2, -0.15) is 0 Å². The van der Waals surface area contributed by atoms with Crippen molar-refractivity contribution in [2.45, 2.75) is 13.3 Å². The topological polar surface area (TPSA) is 58.7 Å². The van der Waals surface area contributed by atoms with Gasteiger partial charge in [0.2, 0.25) is 0 Å². The molecular weight excluding hydrogens is 206 g/mol. The molecule has 5 nitrogen and oxygen atoms in total. The van der Waals surface area contributed by atoms with Gasteiger partial charge in [0.25, 0.3) is 5.69 Å². The minimum absolute atomic E-state index is 0.0652. The Kier molecular flexibility index (Phi) is 3.99. The lowest BCUT2D eigenvalue weighted by Crippen LogP contribution is -2.20. The minimum atomic E-state index is -0.416. The molecule has 0 saturated heterocycles. The van der Waals surface area contributed by atoms with Gasteiger partial charge in [-0.15, -0.1) is 0 Å². The predicted molar refractivity (Wildman–Crippen MR) is 64.2 cm³/mol. The standard InChI is InChI=1S/C11H15N3O2/c1-4-11(13(2)3)12-9-6-5-7-10(8-9)14(15)16/h5-8H,4H2,1-3H3. The molecule has 0 bridgehead atoms. The molecular formula is C11H15N3O2. The minimum Gasteiger partial charge on any atom is -0.366 e. The van der Waals surface area contributed by atoms with E-state index < -0.39 is 4.92 Å². The molecule has 86 valence electrons. The molecule has 0 N–H and O–H groups in total. The lowest BCUT2D eigenvalue weighted by atomic mass is 10.3. The van der Waals surface area contributed by atoms with Crippen molar-refractivity contribution in [2.75, 3.05) is 14.1 Å². The molecule has 5 heteroatoms. The molecule has 0 aliphatic carbocycles. The SMILES string of the molecule is CCC(=Nc1cccc([N+](=O)[O-])c1)N(C)C. The summed E-state index contributed by atoms with van der Waals surface area (Å²) in [7, 11) is 3.80. The van der Waals surface area contributed by atoms with Crippen molar-refractivity contribution in [2.24, 2.45) is 4.99 Å². The highest BCUT2D eigenvalue weighted by molar-refractivity contribution is 5.84. The molecule has 0 aliphatic heterocycles. The van der Waals surface area contributed by atoms with Crippen LogP contribution in [0.1, 0.15) is 13.3 Å². The molecule has 0 unspecified atom stereocenters. The number of rotatable bonds is 3. The summed E-state index contributed by atoms with van der Waals surface area (Å²) in [5.74, 6) is 0.889. The van der Waals surface area contributed by atoms with Gasteiger partial charge in [0, 0.05) is 32.6 Å². The summed E-state index contributed by atoms with van der Waals surface area (Å²) in [6.45, 7) is 2.00. The van der Waals surface area contributed by atoms with E-state index in [1.165, 1.54) is 12.1 Å². The van der Waals surface area contributed by atoms with E-state index in [9.17, 15) is 10.1 Å². The molecule has 1 rings (SSSR count). The first-order chi connectivity index (χ1) is 7.54. The van der Waals surface area contributed by atoms with Crippen molar-refractivity contribution in [1.82, 2.24) is 4.90 Å². The normalized spacial score (nSPS) is 11.3. The first-order valence-corrected chi connectivity index (χ1v) is 5.04. The number of amidine groups is 1. The van der Waals surface area contributed by atoms with Crippen molar-refractivity contribution < 1.29 is 4.92 Å². The van der Waals surface area contributed by atoms with Gasteiger partial charge < -0.3 is 4.90 Å². The third-order valence-electron chi connectivity index (χ3n) is 2.13. The molecule has 0 amide bonds. The molecule has 0 aliphatic rings. The highest BCUT2D eigenvalue weighted by atomic mass is 16.6. The zero-order valence-corrected chi connectivity index (χ0v) is 9.67. The molecule has 0 fully saturated rings. The zero-order valence-electron chi connectivity index (χ0n) is 9.67. The van der Waals surface area contributed by atoms with E-state index in [4.69, 9.17) is 0 Å². The van der Waals surface area contributed by atoms with Crippen LogP contribution in [-0.4, -0.2) is 29.8 Å². The van der Waals surface area contributed by atoms with Crippen LogP contribution in [0.3, 0.4) is 0 Å². The van der Waals surface area contributed by atoms with Crippen molar-refractivity contribution in [1.29, 1.82) is 0 Å². The van der Waals surface area contributed by atoms with Crippen LogP contribution in [0, 0.1) is 10.1 Å². The number of hydrogen-bond donors (Lipinski definition) is 0. The van der Waals surface area contributed by atoms with Crippen LogP contribution in [-0.2, 0) is 0 Å². The van der Waals surface area contributed by atoms with Gasteiger partial charge in [-0.25, -0.2) is 4.99 Å². The van der Waals surface area contributed by atoms with Crippen LogP contribution < -0.4 is 0 Å². The number of nitro groups is 1. The van der Waals surface area contributed by atoms with Gasteiger partial charge in [-0.3, -0.25) is 10.1 Å². The van der Waals surface area contributed by atoms with E-state index in [2.05, 4.69) is 4.99 Å². The summed E-state index contributed by atoms with van der Waals surface area (Å²) in [6, 6.07) is 6.32. The Hall–Kier alpha value is -1.91. The summed E-state index contributed by atoms with van der Waals surface area (Å²) in [4.78, 5) is 16.4. The Morgan fingerprint density at radius 1 is 1.50 bits per heavy atom. The summed E-state index contributed by atoms with van der Waals surface area (Å²) >= 11 is 0. The van der Waals surface area contributed by atoms with Crippen LogP contribution >= 0.6 is 0 Å². The number of hydrogen-bond acceptors (Lipinski definition) is 3. The molecule has 1 aromatic carbocycles. The smallest absolute Gasteiger partial charge is 0.271 e. The Balaban J connectivity index is 3.05. The quantitative estimate of drug-likeness (QED) is 0.341. The number of nitro benzene ring substituents is 1. The largest absolute Gasteiger partial charge is 0.366 e. The van der Waals surface area contributed by atoms with Gasteiger partial charge >= 0.3 is 0 Å². The molecule has 0 radical (unpaired) electrons. The van der Waals surface area contributed by atoms with Crippen molar-refractivity contribution in [3.05, 3.63) is 34.4 Å². The van der Waals surface area contributed by atoms with E-state index >= 15 is 0 Å². The highest BCUT2D eigenvalue weighted by Crippen LogP contribution is 2.20. The number of non-ortho nitro benzene ring substituents is 1. The van der Waals surface area contributed by atoms with Crippen LogP contribution in [0.2, 0.25) is 0 Å². The zero-order chi connectivity index (χ0) is 12.1. The predicted octanol–water partition coefficient (Wildman–Crippen LogP) is 2.60. The Bertz CT molecular complexity index is 413. The van der Waals surface area contributed by atoms with Crippen molar-refractivity contribution >= 4 is 17.2 Å². The molecule has 1 aromatic rings. The van der Waals surface area contributed by atoms with E-state index in [1.807, 2.05) is 25.9 Å². The first-order valence-electron chi connectivity index (χ1n) is 5.04. The van der Waals surface area contributed by atoms with E-state index in [0.29, 0.717) is 5.69 Å². The third kappa shape index (κ3) is 3.05. The molecule has 0 atom stereocenters. The van der Waals surface area contributed by atoms with Gasteiger partial charge in [0.05, 0.1) is 10.6 Å². The number of aliphatic imine (C=N–C) groups is 1. The average Bonchev–Trinajstić information content (AvgIpc) is 2.25. The van der Waals surface area contributed by atoms with Crippen LogP contribution in [0.4, 0.5) is 11.4 Å². The Morgan fingerprint density at radius 2 is 2.19 bits per heavy atom. The number of benzene rings is 1. The maximum atomic E-state index is 10.6. The lowest BCUT2D eigenvalue weighted by Gasteiger charge is -2.13. The van der Waals surface area contributed by atoms with Gasteiger partial charge in [-0.05, 0) is 6.07 Å². The van der Waals surface area contributed by atoms with Gasteiger partial charge in [0.15, 0.2) is 0 Å². The summed E-state index contributed by atoms with van der Waals surface area (Å²) < 4.78 is 0. The second-order valence-corrected chi connectivity index (χ2v) is 3.55. The second-order valence-electron chi connectivity index (χ2n) is 3.55. The maximum absolute atomic E-state index is 10.6. The summed E-state index contributed by atoms with van der Waals surface area (Å²) in [5, 5.41) is 10.6. The molecule has 0 heterocycles.